The van der Waals surface area contributed by atoms with Gasteiger partial charge in [0.25, 0.3) is 5.91 Å². The average Bonchev–Trinajstić information content (AvgIpc) is 2.75. The van der Waals surface area contributed by atoms with Gasteiger partial charge in [-0.3, -0.25) is 4.79 Å². The quantitative estimate of drug-likeness (QED) is 0.225. The first-order chi connectivity index (χ1) is 13.9. The normalized spacial score (nSPS) is 15.2. The Balaban J connectivity index is 2.33. The fourth-order valence-electron chi connectivity index (χ4n) is 2.71. The van der Waals surface area contributed by atoms with E-state index >= 15 is 0 Å². The molecule has 0 heterocycles. The number of aliphatic hydroxyl groups excluding tert-OH is 4. The molecule has 5 N–H and O–H groups in total. The third kappa shape index (κ3) is 9.36. The molecule has 0 saturated heterocycles. The summed E-state index contributed by atoms with van der Waals surface area (Å²) in [6, 6.07) is 8.07. The minimum Gasteiger partial charge on any atom is -0.459 e. The lowest BCUT2D eigenvalue weighted by atomic mass is 10.0. The number of rotatable bonds is 14. The summed E-state index contributed by atoms with van der Waals surface area (Å²) in [6.07, 6.45) is -1.13. The zero-order valence-corrected chi connectivity index (χ0v) is 16.9. The van der Waals surface area contributed by atoms with E-state index in [0.29, 0.717) is 6.54 Å². The standard InChI is InChI=1S/C21H33NO7/c1-2-3-4-5-6-10-13-22-20(27)19(26)18(25)17(24)16(23)14-29-21(28)15-11-8-7-9-12-15/h7-9,11-12,16-19,23-26H,2-6,10,13-14H2,1H3,(H,22,27)/t16-,17+,18+,19-/m1/s1. The Morgan fingerprint density at radius 2 is 1.55 bits per heavy atom. The molecule has 8 heteroatoms. The van der Waals surface area contributed by atoms with Crippen molar-refractivity contribution in [2.75, 3.05) is 13.2 Å². The molecule has 1 amide bonds. The van der Waals surface area contributed by atoms with Gasteiger partial charge in [0.15, 0.2) is 6.10 Å². The van der Waals surface area contributed by atoms with E-state index in [4.69, 9.17) is 4.74 Å². The van der Waals surface area contributed by atoms with Crippen molar-refractivity contribution in [3.63, 3.8) is 0 Å². The van der Waals surface area contributed by atoms with Gasteiger partial charge in [-0.05, 0) is 18.6 Å². The zero-order valence-electron chi connectivity index (χ0n) is 16.9. The van der Waals surface area contributed by atoms with Crippen molar-refractivity contribution in [1.82, 2.24) is 5.32 Å². The number of aliphatic hydroxyl groups is 4. The molecular weight excluding hydrogens is 378 g/mol. The average molecular weight is 411 g/mol. The molecule has 1 rings (SSSR count). The van der Waals surface area contributed by atoms with E-state index in [1.54, 1.807) is 18.2 Å². The molecule has 4 atom stereocenters. The van der Waals surface area contributed by atoms with Crippen LogP contribution in [0.3, 0.4) is 0 Å². The molecule has 0 bridgehead atoms. The molecule has 1 aromatic carbocycles. The van der Waals surface area contributed by atoms with Gasteiger partial charge in [-0.25, -0.2) is 4.79 Å². The Morgan fingerprint density at radius 1 is 0.931 bits per heavy atom. The molecule has 1 aromatic rings. The number of hydrogen-bond donors (Lipinski definition) is 5. The van der Waals surface area contributed by atoms with Crippen molar-refractivity contribution in [3.8, 4) is 0 Å². The maximum atomic E-state index is 11.9. The van der Waals surface area contributed by atoms with Gasteiger partial charge in [-0.2, -0.15) is 0 Å². The molecule has 0 aliphatic rings. The number of unbranched alkanes of at least 4 members (excludes halogenated alkanes) is 5. The third-order valence-electron chi connectivity index (χ3n) is 4.56. The van der Waals surface area contributed by atoms with Gasteiger partial charge in [0.2, 0.25) is 0 Å². The lowest BCUT2D eigenvalue weighted by Crippen LogP contribution is -2.52. The molecule has 0 aliphatic carbocycles. The highest BCUT2D eigenvalue weighted by Gasteiger charge is 2.34. The van der Waals surface area contributed by atoms with Crippen LogP contribution in [-0.2, 0) is 9.53 Å². The number of esters is 1. The number of hydrogen-bond acceptors (Lipinski definition) is 7. The molecule has 0 spiro atoms. The predicted molar refractivity (Wildman–Crippen MR) is 107 cm³/mol. The molecule has 0 aromatic heterocycles. The summed E-state index contributed by atoms with van der Waals surface area (Å²) in [4.78, 5) is 23.7. The maximum absolute atomic E-state index is 11.9. The van der Waals surface area contributed by atoms with Gasteiger partial charge in [0.05, 0.1) is 5.56 Å². The van der Waals surface area contributed by atoms with E-state index in [9.17, 15) is 30.0 Å². The van der Waals surface area contributed by atoms with E-state index < -0.39 is 42.9 Å². The molecule has 0 aliphatic heterocycles. The summed E-state index contributed by atoms with van der Waals surface area (Å²) in [7, 11) is 0. The Kier molecular flexibility index (Phi) is 12.1. The number of amides is 1. The molecule has 0 fully saturated rings. The fraction of sp³-hybridized carbons (Fsp3) is 0.619. The second-order valence-corrected chi connectivity index (χ2v) is 7.02. The van der Waals surface area contributed by atoms with Crippen LogP contribution < -0.4 is 5.32 Å². The summed E-state index contributed by atoms with van der Waals surface area (Å²) >= 11 is 0. The first-order valence-electron chi connectivity index (χ1n) is 10.1. The second kappa shape index (κ2) is 14.1. The maximum Gasteiger partial charge on any atom is 0.338 e. The van der Waals surface area contributed by atoms with Crippen molar-refractivity contribution in [3.05, 3.63) is 35.9 Å². The highest BCUT2D eigenvalue weighted by Crippen LogP contribution is 2.09. The SMILES string of the molecule is CCCCCCCCNC(=O)[C@H](O)[C@@H](O)[C@@H](O)[C@H](O)COC(=O)c1ccccc1. The van der Waals surface area contributed by atoms with Crippen LogP contribution >= 0.6 is 0 Å². The van der Waals surface area contributed by atoms with Crippen LogP contribution in [0.4, 0.5) is 0 Å². The number of nitrogens with one attached hydrogen (secondary N) is 1. The van der Waals surface area contributed by atoms with Gasteiger partial charge in [-0.1, -0.05) is 57.2 Å². The lowest BCUT2D eigenvalue weighted by Gasteiger charge is -2.25. The molecule has 8 nitrogen and oxygen atoms in total. The van der Waals surface area contributed by atoms with Crippen LogP contribution in [-0.4, -0.2) is 69.9 Å². The molecule has 0 saturated carbocycles. The molecule has 0 radical (unpaired) electrons. The van der Waals surface area contributed by atoms with E-state index in [2.05, 4.69) is 12.2 Å². The van der Waals surface area contributed by atoms with Crippen LogP contribution in [0.1, 0.15) is 55.8 Å². The zero-order chi connectivity index (χ0) is 21.6. The first kappa shape index (κ1) is 25.0. The number of benzene rings is 1. The van der Waals surface area contributed by atoms with E-state index in [0.717, 1.165) is 32.1 Å². The minimum absolute atomic E-state index is 0.267. The Morgan fingerprint density at radius 3 is 2.21 bits per heavy atom. The lowest BCUT2D eigenvalue weighted by molar-refractivity contribution is -0.149. The van der Waals surface area contributed by atoms with Crippen LogP contribution in [0.2, 0.25) is 0 Å². The van der Waals surface area contributed by atoms with E-state index in [1.165, 1.54) is 18.6 Å². The van der Waals surface area contributed by atoms with E-state index in [1.807, 2.05) is 0 Å². The smallest absolute Gasteiger partial charge is 0.338 e. The van der Waals surface area contributed by atoms with Crippen LogP contribution in [0, 0.1) is 0 Å². The monoisotopic (exact) mass is 411 g/mol. The van der Waals surface area contributed by atoms with Gasteiger partial charge >= 0.3 is 5.97 Å². The van der Waals surface area contributed by atoms with Crippen molar-refractivity contribution in [1.29, 1.82) is 0 Å². The summed E-state index contributed by atoms with van der Waals surface area (Å²) in [6.45, 7) is 1.88. The minimum atomic E-state index is -1.93. The van der Waals surface area contributed by atoms with Gasteiger partial charge < -0.3 is 30.5 Å². The summed E-state index contributed by atoms with van der Waals surface area (Å²) in [5.41, 5.74) is 0.267. The summed E-state index contributed by atoms with van der Waals surface area (Å²) < 4.78 is 4.88. The predicted octanol–water partition coefficient (Wildman–Crippen LogP) is 0.764. The third-order valence-corrected chi connectivity index (χ3v) is 4.56. The van der Waals surface area contributed by atoms with Crippen molar-refractivity contribution in [2.45, 2.75) is 69.9 Å². The highest BCUT2D eigenvalue weighted by molar-refractivity contribution is 5.89. The van der Waals surface area contributed by atoms with Crippen LogP contribution in [0.15, 0.2) is 30.3 Å². The number of carbonyl (C=O) groups excluding carboxylic acids is 2. The Hall–Kier alpha value is -2.00. The second-order valence-electron chi connectivity index (χ2n) is 7.02. The Bertz CT molecular complexity index is 596. The topological polar surface area (TPSA) is 136 Å². The van der Waals surface area contributed by atoms with E-state index in [-0.39, 0.29) is 5.56 Å². The first-order valence-corrected chi connectivity index (χ1v) is 10.1. The molecular formula is C21H33NO7. The number of carbonyl (C=O) groups is 2. The number of ether oxygens (including phenoxy) is 1. The fourth-order valence-corrected chi connectivity index (χ4v) is 2.71. The Labute approximate surface area is 171 Å². The summed E-state index contributed by atoms with van der Waals surface area (Å²) in [5, 5.41) is 42.2. The largest absolute Gasteiger partial charge is 0.459 e. The van der Waals surface area contributed by atoms with Crippen LogP contribution in [0.25, 0.3) is 0 Å². The van der Waals surface area contributed by atoms with Crippen molar-refractivity contribution < 1.29 is 34.8 Å². The van der Waals surface area contributed by atoms with Crippen molar-refractivity contribution >= 4 is 11.9 Å². The van der Waals surface area contributed by atoms with Crippen LogP contribution in [0.5, 0.6) is 0 Å². The van der Waals surface area contributed by atoms with Gasteiger partial charge in [0, 0.05) is 6.54 Å². The molecule has 0 unspecified atom stereocenters. The highest BCUT2D eigenvalue weighted by atomic mass is 16.5. The summed E-state index contributed by atoms with van der Waals surface area (Å²) in [5.74, 6) is -1.54. The molecule has 164 valence electrons. The van der Waals surface area contributed by atoms with Gasteiger partial charge in [0.1, 0.15) is 24.9 Å². The molecule has 29 heavy (non-hydrogen) atoms. The van der Waals surface area contributed by atoms with Gasteiger partial charge in [-0.15, -0.1) is 0 Å². The van der Waals surface area contributed by atoms with Crippen molar-refractivity contribution in [2.24, 2.45) is 0 Å².